The van der Waals surface area contributed by atoms with Crippen LogP contribution in [0.3, 0.4) is 0 Å². The molecule has 0 saturated heterocycles. The van der Waals surface area contributed by atoms with Crippen LogP contribution in [0.1, 0.15) is 45.4 Å². The summed E-state index contributed by atoms with van der Waals surface area (Å²) in [6.45, 7) is 2.32. The minimum atomic E-state index is -0.306. The third kappa shape index (κ3) is 8.33. The molecule has 1 aliphatic heterocycles. The predicted octanol–water partition coefficient (Wildman–Crippen LogP) is 1.00. The Kier molecular flexibility index (Phi) is 11.8. The Balaban J connectivity index is 0.000000470. The molecule has 1 rings (SSSR count). The van der Waals surface area contributed by atoms with Crippen LogP contribution >= 0.6 is 0 Å². The number of carbonyl (C=O) groups is 5. The normalized spacial score (nSPS) is 12.7. The topological polar surface area (TPSA) is 101 Å². The molecule has 134 valence electrons. The Morgan fingerprint density at radius 1 is 1.17 bits per heavy atom. The van der Waals surface area contributed by atoms with E-state index >= 15 is 0 Å². The highest BCUT2D eigenvalue weighted by Crippen LogP contribution is 2.06. The van der Waals surface area contributed by atoms with Gasteiger partial charge < -0.3 is 4.79 Å². The maximum Gasteiger partial charge on any atom is 0.253 e. The van der Waals surface area contributed by atoms with Crippen LogP contribution in [-0.4, -0.2) is 54.0 Å². The van der Waals surface area contributed by atoms with Crippen LogP contribution in [0.5, 0.6) is 0 Å². The fraction of sp³-hybridized carbons (Fsp3) is 0.562. The fourth-order valence-corrected chi connectivity index (χ4v) is 1.85. The highest BCUT2D eigenvalue weighted by Gasteiger charge is 2.21. The molecule has 0 aromatic carbocycles. The van der Waals surface area contributed by atoms with Crippen molar-refractivity contribution in [3.8, 4) is 0 Å². The summed E-state index contributed by atoms with van der Waals surface area (Å²) in [5.41, 5.74) is 0. The smallest absolute Gasteiger partial charge is 0.253 e. The van der Waals surface area contributed by atoms with Gasteiger partial charge in [0.25, 0.3) is 17.7 Å². The van der Waals surface area contributed by atoms with Crippen molar-refractivity contribution < 1.29 is 28.8 Å². The minimum Gasteiger partial charge on any atom is -0.303 e. The van der Waals surface area contributed by atoms with Crippen molar-refractivity contribution in [3.05, 3.63) is 12.2 Å². The van der Waals surface area contributed by atoms with Crippen molar-refractivity contribution in [1.29, 1.82) is 0 Å². The van der Waals surface area contributed by atoms with E-state index in [1.807, 2.05) is 6.92 Å². The van der Waals surface area contributed by atoms with Crippen LogP contribution < -0.4 is 0 Å². The third-order valence-corrected chi connectivity index (χ3v) is 3.11. The van der Waals surface area contributed by atoms with Crippen molar-refractivity contribution in [2.24, 2.45) is 0 Å². The first-order chi connectivity index (χ1) is 11.5. The summed E-state index contributed by atoms with van der Waals surface area (Å²) in [7, 11) is 1.28. The molecular weight excluding hydrogens is 316 g/mol. The first-order valence-electron chi connectivity index (χ1n) is 7.80. The summed E-state index contributed by atoms with van der Waals surface area (Å²) in [5.74, 6) is -0.768. The molecule has 8 heteroatoms. The van der Waals surface area contributed by atoms with Gasteiger partial charge in [-0.25, -0.2) is 0 Å². The van der Waals surface area contributed by atoms with Gasteiger partial charge in [-0.3, -0.25) is 28.9 Å². The van der Waals surface area contributed by atoms with E-state index in [4.69, 9.17) is 0 Å². The molecule has 8 nitrogen and oxygen atoms in total. The average molecular weight is 340 g/mol. The lowest BCUT2D eigenvalue weighted by atomic mass is 10.2. The molecule has 0 radical (unpaired) electrons. The summed E-state index contributed by atoms with van der Waals surface area (Å²) in [4.78, 5) is 58.6. The summed E-state index contributed by atoms with van der Waals surface area (Å²) in [6, 6.07) is 0. The largest absolute Gasteiger partial charge is 0.303 e. The van der Waals surface area contributed by atoms with Gasteiger partial charge in [-0.15, -0.1) is 0 Å². The van der Waals surface area contributed by atoms with Crippen LogP contribution in [-0.2, 0) is 28.8 Å². The number of hydrogen-bond acceptors (Lipinski definition) is 6. The minimum absolute atomic E-state index is 0.231. The van der Waals surface area contributed by atoms with E-state index in [0.29, 0.717) is 37.3 Å². The van der Waals surface area contributed by atoms with Gasteiger partial charge in [0.15, 0.2) is 0 Å². The maximum absolute atomic E-state index is 11.1. The number of aldehydes is 1. The molecule has 24 heavy (non-hydrogen) atoms. The quantitative estimate of drug-likeness (QED) is 0.254. The van der Waals surface area contributed by atoms with E-state index in [2.05, 4.69) is 4.84 Å². The van der Waals surface area contributed by atoms with Gasteiger partial charge >= 0.3 is 0 Å². The van der Waals surface area contributed by atoms with E-state index in [0.717, 1.165) is 25.5 Å². The van der Waals surface area contributed by atoms with Gasteiger partial charge in [-0.05, 0) is 19.3 Å². The highest BCUT2D eigenvalue weighted by atomic mass is 16.7. The summed E-state index contributed by atoms with van der Waals surface area (Å²) in [5, 5.41) is 0.684. The van der Waals surface area contributed by atoms with Crippen LogP contribution in [0.2, 0.25) is 0 Å². The molecule has 1 heterocycles. The molecule has 0 atom stereocenters. The third-order valence-electron chi connectivity index (χ3n) is 3.11. The molecule has 0 fully saturated rings. The van der Waals surface area contributed by atoms with Crippen LogP contribution in [0.4, 0.5) is 0 Å². The molecule has 4 amide bonds. The van der Waals surface area contributed by atoms with E-state index < -0.39 is 0 Å². The number of unbranched alkanes of at least 4 members (excludes halogenated alkanes) is 3. The second-order valence-corrected chi connectivity index (χ2v) is 4.93. The van der Waals surface area contributed by atoms with Crippen molar-refractivity contribution >= 4 is 30.4 Å². The monoisotopic (exact) mass is 340 g/mol. The highest BCUT2D eigenvalue weighted by molar-refractivity contribution is 6.12. The Morgan fingerprint density at radius 2 is 1.79 bits per heavy atom. The molecule has 0 aromatic rings. The van der Waals surface area contributed by atoms with Crippen molar-refractivity contribution in [1.82, 2.24) is 9.96 Å². The Labute approximate surface area is 141 Å². The lowest BCUT2D eigenvalue weighted by Gasteiger charge is -2.12. The second kappa shape index (κ2) is 13.1. The van der Waals surface area contributed by atoms with E-state index in [1.165, 1.54) is 24.2 Å². The number of hydroxylamine groups is 2. The number of hydrogen-bond donors (Lipinski definition) is 0. The first kappa shape index (κ1) is 21.6. The van der Waals surface area contributed by atoms with E-state index in [9.17, 15) is 24.0 Å². The number of imide groups is 2. The number of carbonyl (C=O) groups excluding carboxylic acids is 5. The van der Waals surface area contributed by atoms with E-state index in [-0.39, 0.29) is 17.7 Å². The van der Waals surface area contributed by atoms with Crippen molar-refractivity contribution in [2.75, 3.05) is 13.7 Å². The zero-order valence-corrected chi connectivity index (χ0v) is 14.1. The molecule has 0 aromatic heterocycles. The molecule has 0 aliphatic carbocycles. The number of nitrogens with zero attached hydrogens (tertiary/aromatic N) is 2. The van der Waals surface area contributed by atoms with Crippen molar-refractivity contribution in [3.63, 3.8) is 0 Å². The molecule has 0 spiro atoms. The number of amides is 4. The summed E-state index contributed by atoms with van der Waals surface area (Å²) < 4.78 is 0. The summed E-state index contributed by atoms with van der Waals surface area (Å²) >= 11 is 0. The van der Waals surface area contributed by atoms with Gasteiger partial charge in [0.1, 0.15) is 6.29 Å². The van der Waals surface area contributed by atoms with Gasteiger partial charge in [0, 0.05) is 31.5 Å². The molecule has 0 saturated carbocycles. The van der Waals surface area contributed by atoms with Gasteiger partial charge in [-0.1, -0.05) is 13.3 Å². The Bertz CT molecular complexity index is 457. The zero-order valence-electron chi connectivity index (χ0n) is 14.1. The maximum atomic E-state index is 11.1. The molecule has 1 aliphatic rings. The lowest BCUT2D eigenvalue weighted by Crippen LogP contribution is -2.30. The van der Waals surface area contributed by atoms with Crippen LogP contribution in [0, 0.1) is 0 Å². The van der Waals surface area contributed by atoms with Gasteiger partial charge in [0.05, 0.1) is 7.11 Å². The van der Waals surface area contributed by atoms with E-state index in [1.54, 1.807) is 0 Å². The SMILES string of the molecule is CCCC(=O)N(C=O)OC.O=CCCCCCN1C(=O)C=CC1=O. The van der Waals surface area contributed by atoms with Crippen LogP contribution in [0.25, 0.3) is 0 Å². The van der Waals surface area contributed by atoms with Gasteiger partial charge in [-0.2, -0.15) is 5.06 Å². The second-order valence-electron chi connectivity index (χ2n) is 4.93. The first-order valence-corrected chi connectivity index (χ1v) is 7.80. The lowest BCUT2D eigenvalue weighted by molar-refractivity contribution is -0.178. The average Bonchev–Trinajstić information content (AvgIpc) is 2.88. The molecule has 0 unspecified atom stereocenters. The zero-order chi connectivity index (χ0) is 18.4. The molecule has 0 bridgehead atoms. The predicted molar refractivity (Wildman–Crippen MR) is 85.2 cm³/mol. The standard InChI is InChI=1S/C10H13NO3.C6H11NO3/c12-8-4-2-1-3-7-11-9(13)5-6-10(11)14;1-3-4-6(9)7(5-8)10-2/h5-6,8H,1-4,7H2;5H,3-4H2,1-2H3. The molecular formula is C16H24N2O6. The van der Waals surface area contributed by atoms with Crippen molar-refractivity contribution in [2.45, 2.75) is 45.4 Å². The fourth-order valence-electron chi connectivity index (χ4n) is 1.85. The van der Waals surface area contributed by atoms with Gasteiger partial charge in [0.2, 0.25) is 6.41 Å². The summed E-state index contributed by atoms with van der Waals surface area (Å²) in [6.07, 6.45) is 7.89. The number of rotatable bonds is 10. The van der Waals surface area contributed by atoms with Crippen LogP contribution in [0.15, 0.2) is 12.2 Å². The molecule has 0 N–H and O–H groups in total. The Morgan fingerprint density at radius 3 is 2.25 bits per heavy atom. The Hall–Kier alpha value is -2.35.